The van der Waals surface area contributed by atoms with E-state index in [1.54, 1.807) is 18.3 Å². The molecule has 0 aliphatic carbocycles. The fraction of sp³-hybridized carbons (Fsp3) is 0.167. The van der Waals surface area contributed by atoms with Crippen molar-refractivity contribution in [2.45, 2.75) is 12.5 Å². The molecule has 0 aliphatic heterocycles. The second-order valence-electron chi connectivity index (χ2n) is 3.57. The van der Waals surface area contributed by atoms with Crippen LogP contribution in [0, 0.1) is 0 Å². The van der Waals surface area contributed by atoms with Gasteiger partial charge in [0.05, 0.1) is 18.0 Å². The Morgan fingerprint density at radius 2 is 2.19 bits per heavy atom. The Labute approximate surface area is 92.2 Å². The minimum absolute atomic E-state index is 0.293. The van der Waals surface area contributed by atoms with Crippen LogP contribution in [-0.2, 0) is 4.79 Å². The maximum Gasteiger partial charge on any atom is 0.306 e. The third kappa shape index (κ3) is 2.17. The van der Waals surface area contributed by atoms with Crippen molar-refractivity contribution in [2.24, 2.45) is 0 Å². The van der Waals surface area contributed by atoms with E-state index >= 15 is 0 Å². The lowest BCUT2D eigenvalue weighted by molar-refractivity contribution is -0.139. The fourth-order valence-electron chi connectivity index (χ4n) is 1.57. The van der Waals surface area contributed by atoms with Crippen LogP contribution in [0.25, 0.3) is 10.9 Å². The molecule has 0 saturated carbocycles. The van der Waals surface area contributed by atoms with Gasteiger partial charge in [0.1, 0.15) is 0 Å². The molecule has 1 aromatic heterocycles. The number of pyridine rings is 1. The average molecular weight is 217 g/mol. The van der Waals surface area contributed by atoms with Crippen molar-refractivity contribution in [3.63, 3.8) is 0 Å². The van der Waals surface area contributed by atoms with Crippen molar-refractivity contribution in [2.75, 3.05) is 0 Å². The number of carbonyl (C=O) groups is 1. The van der Waals surface area contributed by atoms with Crippen molar-refractivity contribution in [1.82, 2.24) is 4.98 Å². The van der Waals surface area contributed by atoms with Crippen LogP contribution in [0.3, 0.4) is 0 Å². The molecule has 1 atom stereocenters. The molecule has 1 aromatic carbocycles. The minimum Gasteiger partial charge on any atom is -0.481 e. The van der Waals surface area contributed by atoms with Crippen LogP contribution in [0.2, 0.25) is 0 Å². The molecule has 16 heavy (non-hydrogen) atoms. The second-order valence-corrected chi connectivity index (χ2v) is 3.57. The molecule has 0 saturated heterocycles. The number of aromatic nitrogens is 1. The first-order valence-corrected chi connectivity index (χ1v) is 4.91. The first kappa shape index (κ1) is 10.6. The number of rotatable bonds is 3. The van der Waals surface area contributed by atoms with Crippen molar-refractivity contribution in [3.8, 4) is 0 Å². The lowest BCUT2D eigenvalue weighted by Crippen LogP contribution is -2.05. The number of benzene rings is 1. The summed E-state index contributed by atoms with van der Waals surface area (Å²) in [6.45, 7) is 0. The Kier molecular flexibility index (Phi) is 2.83. The number of nitrogens with zero attached hydrogens (tertiary/aromatic N) is 1. The van der Waals surface area contributed by atoms with Gasteiger partial charge in [-0.2, -0.15) is 0 Å². The van der Waals surface area contributed by atoms with Crippen molar-refractivity contribution >= 4 is 16.9 Å². The van der Waals surface area contributed by atoms with E-state index in [4.69, 9.17) is 5.11 Å². The Bertz CT molecular complexity index is 524. The van der Waals surface area contributed by atoms with Crippen molar-refractivity contribution in [1.29, 1.82) is 0 Å². The predicted octanol–water partition coefficient (Wildman–Crippen LogP) is 1.74. The summed E-state index contributed by atoms with van der Waals surface area (Å²) in [4.78, 5) is 14.6. The molecule has 0 unspecified atom stereocenters. The third-order valence-corrected chi connectivity index (χ3v) is 2.38. The molecule has 4 heteroatoms. The maximum atomic E-state index is 10.5. The molecule has 2 rings (SSSR count). The summed E-state index contributed by atoms with van der Waals surface area (Å²) in [5.41, 5.74) is 1.33. The molecule has 0 amide bonds. The van der Waals surface area contributed by atoms with E-state index in [1.807, 2.05) is 18.2 Å². The number of carboxylic acids is 1. The largest absolute Gasteiger partial charge is 0.481 e. The SMILES string of the molecule is O=C(O)C[C@@H](O)c1ccc2cccnc2c1. The zero-order valence-electron chi connectivity index (χ0n) is 8.50. The van der Waals surface area contributed by atoms with E-state index in [1.165, 1.54) is 0 Å². The number of carboxylic acid groups (broad SMARTS) is 1. The standard InChI is InChI=1S/C12H11NO3/c14-11(7-12(15)16)9-4-3-8-2-1-5-13-10(8)6-9/h1-6,11,14H,7H2,(H,15,16)/t11-/m1/s1. The highest BCUT2D eigenvalue weighted by atomic mass is 16.4. The highest BCUT2D eigenvalue weighted by molar-refractivity contribution is 5.79. The number of aliphatic hydroxyl groups is 1. The van der Waals surface area contributed by atoms with E-state index in [0.717, 1.165) is 10.9 Å². The highest BCUT2D eigenvalue weighted by Crippen LogP contribution is 2.20. The van der Waals surface area contributed by atoms with Crippen LogP contribution in [0.1, 0.15) is 18.1 Å². The van der Waals surface area contributed by atoms with Crippen LogP contribution in [0.4, 0.5) is 0 Å². The molecule has 82 valence electrons. The second kappa shape index (κ2) is 4.28. The molecule has 0 fully saturated rings. The zero-order chi connectivity index (χ0) is 11.5. The summed E-state index contributed by atoms with van der Waals surface area (Å²) >= 11 is 0. The van der Waals surface area contributed by atoms with Gasteiger partial charge in [-0.1, -0.05) is 18.2 Å². The number of aliphatic carboxylic acids is 1. The number of hydrogen-bond donors (Lipinski definition) is 2. The summed E-state index contributed by atoms with van der Waals surface area (Å²) in [7, 11) is 0. The Morgan fingerprint density at radius 1 is 1.38 bits per heavy atom. The number of fused-ring (bicyclic) bond motifs is 1. The van der Waals surface area contributed by atoms with E-state index in [-0.39, 0.29) is 6.42 Å². The minimum atomic E-state index is -1.02. The predicted molar refractivity (Wildman–Crippen MR) is 59.0 cm³/mol. The molecule has 0 aliphatic rings. The van der Waals surface area contributed by atoms with Gasteiger partial charge in [0.25, 0.3) is 0 Å². The molecule has 2 N–H and O–H groups in total. The zero-order valence-corrected chi connectivity index (χ0v) is 8.50. The monoisotopic (exact) mass is 217 g/mol. The van der Waals surface area contributed by atoms with Crippen LogP contribution in [0.15, 0.2) is 36.5 Å². The van der Waals surface area contributed by atoms with Crippen molar-refractivity contribution in [3.05, 3.63) is 42.1 Å². The molecular weight excluding hydrogens is 206 g/mol. The lowest BCUT2D eigenvalue weighted by atomic mass is 10.0. The molecule has 0 bridgehead atoms. The topological polar surface area (TPSA) is 70.4 Å². The van der Waals surface area contributed by atoms with Gasteiger partial charge in [0.2, 0.25) is 0 Å². The van der Waals surface area contributed by atoms with Gasteiger partial charge in [-0.05, 0) is 17.7 Å². The number of hydrogen-bond acceptors (Lipinski definition) is 3. The van der Waals surface area contributed by atoms with Crippen LogP contribution in [0.5, 0.6) is 0 Å². The third-order valence-electron chi connectivity index (χ3n) is 2.38. The van der Waals surface area contributed by atoms with Gasteiger partial charge in [-0.3, -0.25) is 9.78 Å². The number of aliphatic hydroxyl groups excluding tert-OH is 1. The van der Waals surface area contributed by atoms with E-state index < -0.39 is 12.1 Å². The van der Waals surface area contributed by atoms with Gasteiger partial charge in [0.15, 0.2) is 0 Å². The first-order chi connectivity index (χ1) is 7.66. The first-order valence-electron chi connectivity index (χ1n) is 4.91. The van der Waals surface area contributed by atoms with Gasteiger partial charge in [0, 0.05) is 11.6 Å². The summed E-state index contributed by atoms with van der Waals surface area (Å²) < 4.78 is 0. The summed E-state index contributed by atoms with van der Waals surface area (Å²) in [6, 6.07) is 8.99. The smallest absolute Gasteiger partial charge is 0.306 e. The van der Waals surface area contributed by atoms with E-state index in [2.05, 4.69) is 4.98 Å². The summed E-state index contributed by atoms with van der Waals surface area (Å²) in [6.07, 6.45) is 0.387. The van der Waals surface area contributed by atoms with E-state index in [9.17, 15) is 9.90 Å². The quantitative estimate of drug-likeness (QED) is 0.821. The molecule has 0 spiro atoms. The molecule has 2 aromatic rings. The van der Waals surface area contributed by atoms with E-state index in [0.29, 0.717) is 5.56 Å². The van der Waals surface area contributed by atoms with Crippen molar-refractivity contribution < 1.29 is 15.0 Å². The molecular formula is C12H11NO3. The molecule has 4 nitrogen and oxygen atoms in total. The van der Waals surface area contributed by atoms with Gasteiger partial charge in [-0.15, -0.1) is 0 Å². The van der Waals surface area contributed by atoms with Crippen LogP contribution >= 0.6 is 0 Å². The lowest BCUT2D eigenvalue weighted by Gasteiger charge is -2.08. The van der Waals surface area contributed by atoms with Crippen LogP contribution in [-0.4, -0.2) is 21.2 Å². The Balaban J connectivity index is 2.35. The summed E-state index contributed by atoms with van der Waals surface area (Å²) in [5, 5.41) is 19.2. The van der Waals surface area contributed by atoms with Crippen LogP contribution < -0.4 is 0 Å². The Hall–Kier alpha value is -1.94. The fourth-order valence-corrected chi connectivity index (χ4v) is 1.57. The van der Waals surface area contributed by atoms with Gasteiger partial charge >= 0.3 is 5.97 Å². The normalized spacial score (nSPS) is 12.6. The average Bonchev–Trinajstić information content (AvgIpc) is 2.27. The summed E-state index contributed by atoms with van der Waals surface area (Å²) in [5.74, 6) is -1.02. The highest BCUT2D eigenvalue weighted by Gasteiger charge is 2.12. The van der Waals surface area contributed by atoms with Gasteiger partial charge < -0.3 is 10.2 Å². The molecule has 0 radical (unpaired) electrons. The Morgan fingerprint density at radius 3 is 2.94 bits per heavy atom. The maximum absolute atomic E-state index is 10.5. The molecule has 1 heterocycles. The van der Waals surface area contributed by atoms with Gasteiger partial charge in [-0.25, -0.2) is 0 Å².